The minimum Gasteiger partial charge on any atom is -0.494 e. The molecular formula is C18H26N2O5. The summed E-state index contributed by atoms with van der Waals surface area (Å²) in [5.41, 5.74) is 0.976. The number of hydrogen-bond donors (Lipinski definition) is 2. The monoisotopic (exact) mass is 350 g/mol. The van der Waals surface area contributed by atoms with Crippen LogP contribution in [0.15, 0.2) is 24.3 Å². The molecule has 1 saturated heterocycles. The molecule has 7 heteroatoms. The number of methoxy groups -OCH3 is 1. The van der Waals surface area contributed by atoms with Crippen LogP contribution in [-0.2, 0) is 25.5 Å². The van der Waals surface area contributed by atoms with Crippen LogP contribution in [-0.4, -0.2) is 57.9 Å². The molecule has 0 spiro atoms. The van der Waals surface area contributed by atoms with Crippen LogP contribution in [0.25, 0.3) is 0 Å². The Hall–Kier alpha value is -2.12. The number of hydrogen-bond acceptors (Lipinski definition) is 6. The largest absolute Gasteiger partial charge is 0.494 e. The molecule has 138 valence electrons. The van der Waals surface area contributed by atoms with Crippen molar-refractivity contribution in [3.63, 3.8) is 0 Å². The molecule has 1 aliphatic rings. The topological polar surface area (TPSA) is 85.9 Å². The number of ether oxygens (including phenoxy) is 3. The Morgan fingerprint density at radius 1 is 1.36 bits per heavy atom. The Kier molecular flexibility index (Phi) is 7.69. The Balaban J connectivity index is 1.91. The predicted molar refractivity (Wildman–Crippen MR) is 92.4 cm³/mol. The maximum absolute atomic E-state index is 12.1. The number of morpholine rings is 1. The number of esters is 1. The summed E-state index contributed by atoms with van der Waals surface area (Å²) in [7, 11) is 1.35. The first-order valence-corrected chi connectivity index (χ1v) is 8.53. The highest BCUT2D eigenvalue weighted by atomic mass is 16.5. The highest BCUT2D eigenvalue weighted by molar-refractivity contribution is 5.82. The minimum atomic E-state index is -0.516. The summed E-state index contributed by atoms with van der Waals surface area (Å²) >= 11 is 0. The lowest BCUT2D eigenvalue weighted by atomic mass is 9.99. The maximum Gasteiger partial charge on any atom is 0.310 e. The molecule has 2 atom stereocenters. The van der Waals surface area contributed by atoms with Gasteiger partial charge < -0.3 is 24.8 Å². The fraction of sp³-hybridized carbons (Fsp3) is 0.556. The SMILES string of the molecule is CCOc1ccc(CC(CNC(=O)C2CNCCO2)C(=O)OC)cc1. The summed E-state index contributed by atoms with van der Waals surface area (Å²) in [6.07, 6.45) is -0.0409. The third kappa shape index (κ3) is 6.03. The molecule has 1 aromatic rings. The average Bonchev–Trinajstić information content (AvgIpc) is 2.66. The number of amides is 1. The van der Waals surface area contributed by atoms with Gasteiger partial charge in [-0.2, -0.15) is 0 Å². The molecular weight excluding hydrogens is 324 g/mol. The van der Waals surface area contributed by atoms with E-state index in [4.69, 9.17) is 14.2 Å². The number of benzene rings is 1. The summed E-state index contributed by atoms with van der Waals surface area (Å²) in [5, 5.41) is 5.89. The second kappa shape index (κ2) is 10.0. The highest BCUT2D eigenvalue weighted by Crippen LogP contribution is 2.16. The standard InChI is InChI=1S/C18H26N2O5/c1-3-24-15-6-4-13(5-7-15)10-14(18(22)23-2)11-20-17(21)16-12-19-8-9-25-16/h4-7,14,16,19H,3,8-12H2,1-2H3,(H,20,21). The van der Waals surface area contributed by atoms with Crippen molar-refractivity contribution >= 4 is 11.9 Å². The highest BCUT2D eigenvalue weighted by Gasteiger charge is 2.25. The van der Waals surface area contributed by atoms with E-state index in [1.807, 2.05) is 31.2 Å². The van der Waals surface area contributed by atoms with Gasteiger partial charge in [0, 0.05) is 19.6 Å². The Labute approximate surface area is 148 Å². The maximum atomic E-state index is 12.1. The lowest BCUT2D eigenvalue weighted by Crippen LogP contribution is -2.49. The number of carbonyl (C=O) groups is 2. The van der Waals surface area contributed by atoms with Gasteiger partial charge >= 0.3 is 5.97 Å². The predicted octanol–water partition coefficient (Wildman–Crippen LogP) is 0.522. The van der Waals surface area contributed by atoms with Gasteiger partial charge in [-0.15, -0.1) is 0 Å². The normalized spacial score (nSPS) is 18.2. The second-order valence-corrected chi connectivity index (χ2v) is 5.81. The van der Waals surface area contributed by atoms with Gasteiger partial charge in [0.15, 0.2) is 0 Å². The van der Waals surface area contributed by atoms with Crippen LogP contribution >= 0.6 is 0 Å². The quantitative estimate of drug-likeness (QED) is 0.665. The molecule has 0 saturated carbocycles. The van der Waals surface area contributed by atoms with Crippen molar-refractivity contribution in [2.24, 2.45) is 5.92 Å². The minimum absolute atomic E-state index is 0.207. The van der Waals surface area contributed by atoms with E-state index in [1.165, 1.54) is 7.11 Å². The van der Waals surface area contributed by atoms with Gasteiger partial charge in [-0.25, -0.2) is 0 Å². The smallest absolute Gasteiger partial charge is 0.310 e. The van der Waals surface area contributed by atoms with E-state index in [9.17, 15) is 9.59 Å². The molecule has 2 N–H and O–H groups in total. The van der Waals surface area contributed by atoms with Gasteiger partial charge in [-0.1, -0.05) is 12.1 Å². The molecule has 0 aliphatic carbocycles. The van der Waals surface area contributed by atoms with Crippen LogP contribution in [0, 0.1) is 5.92 Å². The van der Waals surface area contributed by atoms with Crippen molar-refractivity contribution in [2.75, 3.05) is 40.0 Å². The van der Waals surface area contributed by atoms with Crippen LogP contribution in [0.3, 0.4) is 0 Å². The van der Waals surface area contributed by atoms with Crippen LogP contribution in [0.4, 0.5) is 0 Å². The van der Waals surface area contributed by atoms with Gasteiger partial charge in [0.25, 0.3) is 0 Å². The molecule has 1 amide bonds. The lowest BCUT2D eigenvalue weighted by molar-refractivity contribution is -0.145. The number of carbonyl (C=O) groups excluding carboxylic acids is 2. The van der Waals surface area contributed by atoms with E-state index in [0.29, 0.717) is 26.2 Å². The summed E-state index contributed by atoms with van der Waals surface area (Å²) in [5.74, 6) is -0.232. The van der Waals surface area contributed by atoms with E-state index in [0.717, 1.165) is 17.9 Å². The zero-order valence-electron chi connectivity index (χ0n) is 14.7. The van der Waals surface area contributed by atoms with Gasteiger partial charge in [0.2, 0.25) is 5.91 Å². The molecule has 2 unspecified atom stereocenters. The molecule has 1 fully saturated rings. The fourth-order valence-electron chi connectivity index (χ4n) is 2.65. The zero-order chi connectivity index (χ0) is 18.1. The molecule has 1 aromatic carbocycles. The summed E-state index contributed by atoms with van der Waals surface area (Å²) in [6.45, 7) is 4.47. The van der Waals surface area contributed by atoms with Crippen LogP contribution in [0.5, 0.6) is 5.75 Å². The van der Waals surface area contributed by atoms with E-state index >= 15 is 0 Å². The summed E-state index contributed by atoms with van der Waals surface area (Å²) in [6, 6.07) is 7.56. The Morgan fingerprint density at radius 3 is 2.72 bits per heavy atom. The second-order valence-electron chi connectivity index (χ2n) is 5.81. The average molecular weight is 350 g/mol. The Morgan fingerprint density at radius 2 is 2.12 bits per heavy atom. The first kappa shape index (κ1) is 19.2. The van der Waals surface area contributed by atoms with Crippen molar-refractivity contribution in [1.82, 2.24) is 10.6 Å². The van der Waals surface area contributed by atoms with E-state index in [-0.39, 0.29) is 18.4 Å². The molecule has 0 radical (unpaired) electrons. The van der Waals surface area contributed by atoms with Crippen LogP contribution in [0.2, 0.25) is 0 Å². The van der Waals surface area contributed by atoms with Gasteiger partial charge in [-0.3, -0.25) is 9.59 Å². The van der Waals surface area contributed by atoms with Gasteiger partial charge in [0.1, 0.15) is 11.9 Å². The molecule has 1 aliphatic heterocycles. The van der Waals surface area contributed by atoms with Crippen LogP contribution in [0.1, 0.15) is 12.5 Å². The Bertz CT molecular complexity index is 555. The summed E-state index contributed by atoms with van der Waals surface area (Å²) < 4.78 is 15.7. The first-order valence-electron chi connectivity index (χ1n) is 8.53. The first-order chi connectivity index (χ1) is 12.1. The lowest BCUT2D eigenvalue weighted by Gasteiger charge is -2.23. The molecule has 7 nitrogen and oxygen atoms in total. The van der Waals surface area contributed by atoms with E-state index in [2.05, 4.69) is 10.6 Å². The van der Waals surface area contributed by atoms with Crippen molar-refractivity contribution < 1.29 is 23.8 Å². The van der Waals surface area contributed by atoms with Crippen molar-refractivity contribution in [3.8, 4) is 5.75 Å². The van der Waals surface area contributed by atoms with Crippen molar-refractivity contribution in [3.05, 3.63) is 29.8 Å². The van der Waals surface area contributed by atoms with Gasteiger partial charge in [-0.05, 0) is 31.0 Å². The third-order valence-corrected chi connectivity index (χ3v) is 3.99. The number of nitrogens with one attached hydrogen (secondary N) is 2. The molecule has 0 aromatic heterocycles. The van der Waals surface area contributed by atoms with Crippen LogP contribution < -0.4 is 15.4 Å². The molecule has 1 heterocycles. The molecule has 2 rings (SSSR count). The fourth-order valence-corrected chi connectivity index (χ4v) is 2.65. The molecule has 25 heavy (non-hydrogen) atoms. The third-order valence-electron chi connectivity index (χ3n) is 3.99. The summed E-state index contributed by atoms with van der Waals surface area (Å²) in [4.78, 5) is 24.2. The van der Waals surface area contributed by atoms with Gasteiger partial charge in [0.05, 0.1) is 26.2 Å². The van der Waals surface area contributed by atoms with Crippen molar-refractivity contribution in [2.45, 2.75) is 19.4 Å². The number of rotatable bonds is 8. The molecule has 0 bridgehead atoms. The zero-order valence-corrected chi connectivity index (χ0v) is 14.7. The van der Waals surface area contributed by atoms with E-state index in [1.54, 1.807) is 0 Å². The van der Waals surface area contributed by atoms with Crippen molar-refractivity contribution in [1.29, 1.82) is 0 Å². The van der Waals surface area contributed by atoms with E-state index < -0.39 is 12.0 Å².